The zero-order valence-electron chi connectivity index (χ0n) is 9.47. The quantitative estimate of drug-likeness (QED) is 0.474. The highest BCUT2D eigenvalue weighted by Crippen LogP contribution is 2.31. The van der Waals surface area contributed by atoms with E-state index in [1.165, 1.54) is 12.1 Å². The second kappa shape index (κ2) is 4.21. The molecule has 92 valence electrons. The summed E-state index contributed by atoms with van der Waals surface area (Å²) in [6.45, 7) is 3.98. The number of aromatic hydroxyl groups is 1. The molecule has 2 N–H and O–H groups in total. The molecular formula is C11H14N2O4. The maximum absolute atomic E-state index is 10.8. The van der Waals surface area contributed by atoms with Crippen LogP contribution in [-0.2, 0) is 4.74 Å². The molecule has 0 aliphatic carbocycles. The monoisotopic (exact) mass is 238 g/mol. The Labute approximate surface area is 98.4 Å². The summed E-state index contributed by atoms with van der Waals surface area (Å²) in [5, 5.41) is 23.1. The molecule has 0 atom stereocenters. The van der Waals surface area contributed by atoms with Crippen LogP contribution >= 0.6 is 0 Å². The van der Waals surface area contributed by atoms with Crippen LogP contribution in [0.25, 0.3) is 0 Å². The molecule has 0 bridgehead atoms. The summed E-state index contributed by atoms with van der Waals surface area (Å²) in [7, 11) is 0. The van der Waals surface area contributed by atoms with Crippen molar-refractivity contribution < 1.29 is 14.8 Å². The summed E-state index contributed by atoms with van der Waals surface area (Å²) in [5.41, 5.74) is 0.334. The molecule has 0 aromatic heterocycles. The van der Waals surface area contributed by atoms with E-state index in [4.69, 9.17) is 4.74 Å². The Hall–Kier alpha value is -1.82. The predicted molar refractivity (Wildman–Crippen MR) is 62.2 cm³/mol. The third kappa shape index (κ3) is 2.47. The summed E-state index contributed by atoms with van der Waals surface area (Å²) in [6.07, 6.45) is 0. The number of phenolic OH excluding ortho intramolecular Hbond substituents is 1. The van der Waals surface area contributed by atoms with Gasteiger partial charge >= 0.3 is 0 Å². The van der Waals surface area contributed by atoms with Gasteiger partial charge in [0.1, 0.15) is 11.4 Å². The van der Waals surface area contributed by atoms with Crippen molar-refractivity contribution in [1.29, 1.82) is 0 Å². The lowest BCUT2D eigenvalue weighted by Crippen LogP contribution is -2.45. The van der Waals surface area contributed by atoms with Gasteiger partial charge in [-0.2, -0.15) is 0 Å². The van der Waals surface area contributed by atoms with Crippen molar-refractivity contribution in [2.24, 2.45) is 5.41 Å². The van der Waals surface area contributed by atoms with Gasteiger partial charge in [-0.3, -0.25) is 10.1 Å². The molecule has 6 nitrogen and oxygen atoms in total. The van der Waals surface area contributed by atoms with E-state index >= 15 is 0 Å². The lowest BCUT2D eigenvalue weighted by atomic mass is 9.88. The first-order chi connectivity index (χ1) is 8.00. The fraction of sp³-hybridized carbons (Fsp3) is 0.455. The minimum absolute atomic E-state index is 0.0335. The normalized spacial score (nSPS) is 17.2. The largest absolute Gasteiger partial charge is 0.508 e. The van der Waals surface area contributed by atoms with Crippen LogP contribution in [0.2, 0.25) is 0 Å². The van der Waals surface area contributed by atoms with Crippen LogP contribution in [0.5, 0.6) is 5.75 Å². The SMILES string of the molecule is CC1(CNc2ccc(O)cc2[N+](=O)[O-])COC1. The number of ether oxygens (including phenoxy) is 1. The van der Waals surface area contributed by atoms with Crippen LogP contribution in [-0.4, -0.2) is 29.8 Å². The van der Waals surface area contributed by atoms with E-state index in [0.29, 0.717) is 25.4 Å². The molecule has 1 aliphatic heterocycles. The topological polar surface area (TPSA) is 84.6 Å². The number of nitrogens with zero attached hydrogens (tertiary/aromatic N) is 1. The van der Waals surface area contributed by atoms with E-state index < -0.39 is 4.92 Å². The smallest absolute Gasteiger partial charge is 0.296 e. The van der Waals surface area contributed by atoms with E-state index in [0.717, 1.165) is 6.07 Å². The minimum atomic E-state index is -0.512. The lowest BCUT2D eigenvalue weighted by Gasteiger charge is -2.38. The van der Waals surface area contributed by atoms with Gasteiger partial charge in [0, 0.05) is 12.0 Å². The average Bonchev–Trinajstić information content (AvgIpc) is 2.24. The number of phenols is 1. The highest BCUT2D eigenvalue weighted by Gasteiger charge is 2.33. The van der Waals surface area contributed by atoms with Crippen LogP contribution in [0.1, 0.15) is 6.92 Å². The molecule has 2 rings (SSSR count). The summed E-state index contributed by atoms with van der Waals surface area (Å²) >= 11 is 0. The molecule has 1 aromatic rings. The van der Waals surface area contributed by atoms with E-state index in [2.05, 4.69) is 12.2 Å². The molecule has 1 heterocycles. The van der Waals surface area contributed by atoms with Crippen molar-refractivity contribution in [2.75, 3.05) is 25.1 Å². The number of anilines is 1. The molecular weight excluding hydrogens is 224 g/mol. The molecule has 0 amide bonds. The van der Waals surface area contributed by atoms with Crippen LogP contribution in [0.3, 0.4) is 0 Å². The maximum atomic E-state index is 10.8. The number of nitrogens with one attached hydrogen (secondary N) is 1. The Balaban J connectivity index is 2.12. The molecule has 0 unspecified atom stereocenters. The number of rotatable bonds is 4. The molecule has 0 saturated carbocycles. The van der Waals surface area contributed by atoms with Gasteiger partial charge in [0.15, 0.2) is 0 Å². The van der Waals surface area contributed by atoms with Crippen molar-refractivity contribution in [3.8, 4) is 5.75 Å². The van der Waals surface area contributed by atoms with E-state index in [1.807, 2.05) is 0 Å². The van der Waals surface area contributed by atoms with E-state index in [1.54, 1.807) is 0 Å². The Morgan fingerprint density at radius 3 is 2.82 bits per heavy atom. The highest BCUT2D eigenvalue weighted by atomic mass is 16.6. The third-order valence-corrected chi connectivity index (χ3v) is 2.78. The van der Waals surface area contributed by atoms with Gasteiger partial charge in [-0.25, -0.2) is 0 Å². The van der Waals surface area contributed by atoms with Crippen LogP contribution in [0.15, 0.2) is 18.2 Å². The second-order valence-corrected chi connectivity index (χ2v) is 4.62. The molecule has 1 saturated heterocycles. The Morgan fingerprint density at radius 1 is 1.59 bits per heavy atom. The Kier molecular flexibility index (Phi) is 2.89. The fourth-order valence-electron chi connectivity index (χ4n) is 1.68. The highest BCUT2D eigenvalue weighted by molar-refractivity contribution is 5.63. The molecule has 1 aromatic carbocycles. The maximum Gasteiger partial charge on any atom is 0.296 e. The van der Waals surface area contributed by atoms with Crippen molar-refractivity contribution in [1.82, 2.24) is 0 Å². The predicted octanol–water partition coefficient (Wildman–Crippen LogP) is 1.75. The first-order valence-corrected chi connectivity index (χ1v) is 5.29. The molecule has 1 aliphatic rings. The van der Waals surface area contributed by atoms with Gasteiger partial charge in [-0.05, 0) is 12.1 Å². The Bertz CT molecular complexity index is 443. The van der Waals surface area contributed by atoms with Crippen LogP contribution in [0, 0.1) is 15.5 Å². The van der Waals surface area contributed by atoms with Crippen molar-refractivity contribution in [2.45, 2.75) is 6.92 Å². The van der Waals surface area contributed by atoms with Gasteiger partial charge in [0.05, 0.1) is 24.2 Å². The lowest BCUT2D eigenvalue weighted by molar-refractivity contribution is -0.384. The van der Waals surface area contributed by atoms with Crippen molar-refractivity contribution in [3.63, 3.8) is 0 Å². The van der Waals surface area contributed by atoms with E-state index in [9.17, 15) is 15.2 Å². The Morgan fingerprint density at radius 2 is 2.29 bits per heavy atom. The molecule has 0 radical (unpaired) electrons. The molecule has 17 heavy (non-hydrogen) atoms. The van der Waals surface area contributed by atoms with Crippen molar-refractivity contribution >= 4 is 11.4 Å². The number of nitro benzene ring substituents is 1. The molecule has 6 heteroatoms. The van der Waals surface area contributed by atoms with Gasteiger partial charge in [-0.1, -0.05) is 6.92 Å². The summed E-state index contributed by atoms with van der Waals surface area (Å²) in [4.78, 5) is 10.3. The standard InChI is InChI=1S/C11H14N2O4/c1-11(6-17-7-11)5-12-9-3-2-8(14)4-10(9)13(15)16/h2-4,12,14H,5-7H2,1H3. The molecule has 0 spiro atoms. The summed E-state index contributed by atoms with van der Waals surface area (Å²) in [5.74, 6) is -0.111. The second-order valence-electron chi connectivity index (χ2n) is 4.62. The van der Waals surface area contributed by atoms with Gasteiger partial charge in [-0.15, -0.1) is 0 Å². The number of benzene rings is 1. The van der Waals surface area contributed by atoms with Gasteiger partial charge in [0.25, 0.3) is 5.69 Å². The molecule has 1 fully saturated rings. The van der Waals surface area contributed by atoms with Crippen molar-refractivity contribution in [3.05, 3.63) is 28.3 Å². The minimum Gasteiger partial charge on any atom is -0.508 e. The zero-order valence-corrected chi connectivity index (χ0v) is 9.47. The number of hydrogen-bond donors (Lipinski definition) is 2. The van der Waals surface area contributed by atoms with Gasteiger partial charge < -0.3 is 15.2 Å². The summed E-state index contributed by atoms with van der Waals surface area (Å²) < 4.78 is 5.11. The fourth-order valence-corrected chi connectivity index (χ4v) is 1.68. The number of hydrogen-bond acceptors (Lipinski definition) is 5. The first-order valence-electron chi connectivity index (χ1n) is 5.29. The van der Waals surface area contributed by atoms with Gasteiger partial charge in [0.2, 0.25) is 0 Å². The van der Waals surface area contributed by atoms with Crippen LogP contribution < -0.4 is 5.32 Å². The number of nitro groups is 1. The third-order valence-electron chi connectivity index (χ3n) is 2.78. The average molecular weight is 238 g/mol. The van der Waals surface area contributed by atoms with E-state index in [-0.39, 0.29) is 16.9 Å². The zero-order chi connectivity index (χ0) is 12.5. The van der Waals surface area contributed by atoms with Crippen LogP contribution in [0.4, 0.5) is 11.4 Å². The first kappa shape index (κ1) is 11.7. The summed E-state index contributed by atoms with van der Waals surface area (Å²) in [6, 6.07) is 4.08.